The summed E-state index contributed by atoms with van der Waals surface area (Å²) in [5.74, 6) is 2.75. The summed E-state index contributed by atoms with van der Waals surface area (Å²) in [7, 11) is 2.09. The SMILES string of the molecule is C=C(C)CN(C)Cc1cc(C)c(CNCC(C)C)o1. The van der Waals surface area contributed by atoms with Crippen LogP contribution in [0.25, 0.3) is 0 Å². The third kappa shape index (κ3) is 6.08. The number of aryl methyl sites for hydroxylation is 1. The van der Waals surface area contributed by atoms with Gasteiger partial charge in [-0.3, -0.25) is 4.90 Å². The van der Waals surface area contributed by atoms with Gasteiger partial charge in [-0.25, -0.2) is 0 Å². The molecule has 3 heteroatoms. The van der Waals surface area contributed by atoms with Crippen molar-refractivity contribution in [3.63, 3.8) is 0 Å². The maximum atomic E-state index is 5.91. The van der Waals surface area contributed by atoms with Crippen molar-refractivity contribution in [3.8, 4) is 0 Å². The van der Waals surface area contributed by atoms with E-state index in [0.717, 1.165) is 37.7 Å². The van der Waals surface area contributed by atoms with Gasteiger partial charge in [0.25, 0.3) is 0 Å². The highest BCUT2D eigenvalue weighted by atomic mass is 16.3. The second kappa shape index (κ2) is 7.51. The summed E-state index contributed by atoms with van der Waals surface area (Å²) in [5, 5.41) is 3.42. The van der Waals surface area contributed by atoms with E-state index in [0.29, 0.717) is 5.92 Å². The van der Waals surface area contributed by atoms with Crippen molar-refractivity contribution in [1.82, 2.24) is 10.2 Å². The first-order chi connectivity index (χ1) is 8.88. The third-order valence-electron chi connectivity index (χ3n) is 2.88. The van der Waals surface area contributed by atoms with Crippen molar-refractivity contribution >= 4 is 0 Å². The molecule has 0 unspecified atom stereocenters. The van der Waals surface area contributed by atoms with E-state index in [-0.39, 0.29) is 0 Å². The lowest BCUT2D eigenvalue weighted by atomic mass is 10.2. The molecule has 0 spiro atoms. The minimum Gasteiger partial charge on any atom is -0.463 e. The average Bonchev–Trinajstić information content (AvgIpc) is 2.57. The summed E-state index contributed by atoms with van der Waals surface area (Å²) in [4.78, 5) is 2.21. The Morgan fingerprint density at radius 3 is 2.74 bits per heavy atom. The van der Waals surface area contributed by atoms with Gasteiger partial charge in [0.05, 0.1) is 13.1 Å². The zero-order valence-corrected chi connectivity index (χ0v) is 13.0. The summed E-state index contributed by atoms with van der Waals surface area (Å²) in [6.45, 7) is 16.1. The van der Waals surface area contributed by atoms with Crippen molar-refractivity contribution in [2.45, 2.75) is 40.8 Å². The summed E-state index contributed by atoms with van der Waals surface area (Å²) >= 11 is 0. The fourth-order valence-corrected chi connectivity index (χ4v) is 2.10. The van der Waals surface area contributed by atoms with Crippen LogP contribution in [0.15, 0.2) is 22.6 Å². The second-order valence-electron chi connectivity index (χ2n) is 5.97. The molecule has 1 heterocycles. The average molecular weight is 264 g/mol. The molecule has 3 nitrogen and oxygen atoms in total. The van der Waals surface area contributed by atoms with Crippen molar-refractivity contribution < 1.29 is 4.42 Å². The number of furan rings is 1. The topological polar surface area (TPSA) is 28.4 Å². The van der Waals surface area contributed by atoms with Crippen LogP contribution in [0.3, 0.4) is 0 Å². The van der Waals surface area contributed by atoms with Crippen molar-refractivity contribution in [1.29, 1.82) is 0 Å². The normalized spacial score (nSPS) is 11.5. The molecule has 0 aliphatic rings. The first kappa shape index (κ1) is 16.0. The first-order valence-corrected chi connectivity index (χ1v) is 7.00. The fourth-order valence-electron chi connectivity index (χ4n) is 2.10. The van der Waals surface area contributed by atoms with E-state index in [1.54, 1.807) is 0 Å². The van der Waals surface area contributed by atoms with Crippen molar-refractivity contribution in [2.75, 3.05) is 20.1 Å². The zero-order valence-electron chi connectivity index (χ0n) is 13.0. The lowest BCUT2D eigenvalue weighted by Gasteiger charge is -2.14. The van der Waals surface area contributed by atoms with Crippen LogP contribution < -0.4 is 5.32 Å². The number of likely N-dealkylation sites (N-methyl/N-ethyl adjacent to an activating group) is 1. The molecule has 0 amide bonds. The van der Waals surface area contributed by atoms with Gasteiger partial charge in [0.1, 0.15) is 11.5 Å². The molecule has 0 saturated carbocycles. The molecule has 1 aromatic rings. The van der Waals surface area contributed by atoms with Crippen LogP contribution in [-0.2, 0) is 13.1 Å². The number of hydrogen-bond donors (Lipinski definition) is 1. The standard InChI is InChI=1S/C16H28N2O/c1-12(2)8-17-9-16-14(5)7-15(19-16)11-18(6)10-13(3)4/h7,12,17H,3,8-11H2,1-2,4-6H3. The summed E-state index contributed by atoms with van der Waals surface area (Å²) in [5.41, 5.74) is 2.40. The zero-order chi connectivity index (χ0) is 14.4. The Bertz CT molecular complexity index is 407. The van der Waals surface area contributed by atoms with Crippen LogP contribution in [-0.4, -0.2) is 25.0 Å². The molecular formula is C16H28N2O. The number of nitrogens with one attached hydrogen (secondary N) is 1. The predicted molar refractivity (Wildman–Crippen MR) is 81.1 cm³/mol. The lowest BCUT2D eigenvalue weighted by molar-refractivity contribution is 0.309. The monoisotopic (exact) mass is 264 g/mol. The van der Waals surface area contributed by atoms with Gasteiger partial charge in [-0.1, -0.05) is 26.0 Å². The van der Waals surface area contributed by atoms with Crippen LogP contribution in [0.4, 0.5) is 0 Å². The van der Waals surface area contributed by atoms with E-state index in [9.17, 15) is 0 Å². The minimum atomic E-state index is 0.663. The molecule has 0 bridgehead atoms. The Morgan fingerprint density at radius 1 is 1.47 bits per heavy atom. The van der Waals surface area contributed by atoms with Gasteiger partial charge in [0.2, 0.25) is 0 Å². The molecule has 0 atom stereocenters. The summed E-state index contributed by atoms with van der Waals surface area (Å²) in [6, 6.07) is 2.14. The Hall–Kier alpha value is -1.06. The quantitative estimate of drug-likeness (QED) is 0.730. The van der Waals surface area contributed by atoms with E-state index in [2.05, 4.69) is 50.7 Å². The molecule has 1 aromatic heterocycles. The first-order valence-electron chi connectivity index (χ1n) is 7.00. The van der Waals surface area contributed by atoms with E-state index in [1.165, 1.54) is 11.1 Å². The molecule has 0 radical (unpaired) electrons. The lowest BCUT2D eigenvalue weighted by Crippen LogP contribution is -2.19. The van der Waals surface area contributed by atoms with Gasteiger partial charge in [-0.15, -0.1) is 0 Å². The largest absolute Gasteiger partial charge is 0.463 e. The van der Waals surface area contributed by atoms with Gasteiger partial charge >= 0.3 is 0 Å². The smallest absolute Gasteiger partial charge is 0.120 e. The van der Waals surface area contributed by atoms with Gasteiger partial charge < -0.3 is 9.73 Å². The van der Waals surface area contributed by atoms with Crippen LogP contribution >= 0.6 is 0 Å². The molecule has 0 saturated heterocycles. The van der Waals surface area contributed by atoms with Crippen LogP contribution in [0.5, 0.6) is 0 Å². The summed E-state index contributed by atoms with van der Waals surface area (Å²) in [6.07, 6.45) is 0. The Kier molecular flexibility index (Phi) is 6.32. The molecule has 0 fully saturated rings. The van der Waals surface area contributed by atoms with Crippen LogP contribution in [0.1, 0.15) is 37.9 Å². The Labute approximate surface area is 117 Å². The van der Waals surface area contributed by atoms with Crippen molar-refractivity contribution in [2.24, 2.45) is 5.92 Å². The molecule has 0 aliphatic heterocycles. The third-order valence-corrected chi connectivity index (χ3v) is 2.88. The van der Waals surface area contributed by atoms with E-state index in [4.69, 9.17) is 4.42 Å². The maximum absolute atomic E-state index is 5.91. The van der Waals surface area contributed by atoms with Gasteiger partial charge in [0, 0.05) is 6.54 Å². The van der Waals surface area contributed by atoms with Gasteiger partial charge in [-0.2, -0.15) is 0 Å². The second-order valence-corrected chi connectivity index (χ2v) is 5.97. The molecule has 0 aliphatic carbocycles. The van der Waals surface area contributed by atoms with Crippen molar-refractivity contribution in [3.05, 3.63) is 35.3 Å². The highest BCUT2D eigenvalue weighted by molar-refractivity contribution is 5.20. The molecule has 108 valence electrons. The molecule has 19 heavy (non-hydrogen) atoms. The van der Waals surface area contributed by atoms with E-state index < -0.39 is 0 Å². The van der Waals surface area contributed by atoms with Gasteiger partial charge in [0.15, 0.2) is 0 Å². The summed E-state index contributed by atoms with van der Waals surface area (Å²) < 4.78 is 5.91. The van der Waals surface area contributed by atoms with Crippen LogP contribution in [0.2, 0.25) is 0 Å². The number of rotatable bonds is 8. The number of hydrogen-bond acceptors (Lipinski definition) is 3. The molecule has 1 rings (SSSR count). The molecule has 0 aromatic carbocycles. The van der Waals surface area contributed by atoms with E-state index in [1.807, 2.05) is 6.92 Å². The minimum absolute atomic E-state index is 0.663. The predicted octanol–water partition coefficient (Wildman–Crippen LogP) is 3.34. The number of nitrogens with zero attached hydrogens (tertiary/aromatic N) is 1. The fraction of sp³-hybridized carbons (Fsp3) is 0.625. The van der Waals surface area contributed by atoms with E-state index >= 15 is 0 Å². The highest BCUT2D eigenvalue weighted by Gasteiger charge is 2.09. The molecule has 1 N–H and O–H groups in total. The Morgan fingerprint density at radius 2 is 2.16 bits per heavy atom. The molecular weight excluding hydrogens is 236 g/mol. The Balaban J connectivity index is 2.51. The highest BCUT2D eigenvalue weighted by Crippen LogP contribution is 2.16. The van der Waals surface area contributed by atoms with Gasteiger partial charge in [-0.05, 0) is 45.0 Å². The maximum Gasteiger partial charge on any atom is 0.120 e. The van der Waals surface area contributed by atoms with Crippen LogP contribution in [0, 0.1) is 12.8 Å².